The molecule has 0 aliphatic rings. The predicted octanol–water partition coefficient (Wildman–Crippen LogP) is 3.93. The third-order valence-corrected chi connectivity index (χ3v) is 3.47. The number of benzene rings is 1. The molecule has 2 rings (SSSR count). The molecule has 0 saturated heterocycles. The Hall–Kier alpha value is -1.42. The Morgan fingerprint density at radius 1 is 1.35 bits per heavy atom. The fraction of sp³-hybridized carbons (Fsp3) is 0.231. The summed E-state index contributed by atoms with van der Waals surface area (Å²) in [4.78, 5) is 1.16. The minimum Gasteiger partial charge on any atom is -0.468 e. The van der Waals surface area contributed by atoms with E-state index in [1.165, 1.54) is 12.1 Å². The maximum Gasteiger partial charge on any atom is 0.125 e. The van der Waals surface area contributed by atoms with Crippen molar-refractivity contribution in [2.45, 2.75) is 11.8 Å². The van der Waals surface area contributed by atoms with Gasteiger partial charge in [-0.15, -0.1) is 11.8 Å². The lowest BCUT2D eigenvalue weighted by Gasteiger charge is -2.05. The molecule has 0 aliphatic carbocycles. The van der Waals surface area contributed by atoms with Crippen LogP contribution in [0.15, 0.2) is 45.9 Å². The van der Waals surface area contributed by atoms with Crippen molar-refractivity contribution in [3.63, 3.8) is 0 Å². The monoisotopic (exact) mass is 251 g/mol. The predicted molar refractivity (Wildman–Crippen MR) is 69.1 cm³/mol. The number of nitrogens with one attached hydrogen (secondary N) is 1. The van der Waals surface area contributed by atoms with Crippen molar-refractivity contribution in [2.75, 3.05) is 17.6 Å². The molecule has 0 atom stereocenters. The molecule has 1 aromatic heterocycles. The molecule has 1 aromatic carbocycles. The lowest BCUT2D eigenvalue weighted by atomic mass is 10.3. The van der Waals surface area contributed by atoms with Gasteiger partial charge in [-0.3, -0.25) is 0 Å². The van der Waals surface area contributed by atoms with Crippen molar-refractivity contribution in [1.82, 2.24) is 0 Å². The Kier molecular flexibility index (Phi) is 4.09. The third-order valence-electron chi connectivity index (χ3n) is 2.32. The van der Waals surface area contributed by atoms with Gasteiger partial charge in [0.15, 0.2) is 0 Å². The highest BCUT2D eigenvalue weighted by Gasteiger charge is 2.01. The normalized spacial score (nSPS) is 10.5. The molecule has 17 heavy (non-hydrogen) atoms. The molecule has 0 radical (unpaired) electrons. The van der Waals surface area contributed by atoms with Crippen LogP contribution >= 0.6 is 11.8 Å². The van der Waals surface area contributed by atoms with Crippen LogP contribution in [0.3, 0.4) is 0 Å². The second kappa shape index (κ2) is 5.77. The second-order valence-corrected chi connectivity index (χ2v) is 4.76. The molecule has 1 heterocycles. The van der Waals surface area contributed by atoms with E-state index in [4.69, 9.17) is 4.42 Å². The lowest BCUT2D eigenvalue weighted by molar-refractivity contribution is 0.527. The number of rotatable bonds is 5. The van der Waals surface area contributed by atoms with Crippen molar-refractivity contribution >= 4 is 17.4 Å². The Morgan fingerprint density at radius 3 is 2.94 bits per heavy atom. The quantitative estimate of drug-likeness (QED) is 0.644. The van der Waals surface area contributed by atoms with Crippen LogP contribution in [0.5, 0.6) is 0 Å². The van der Waals surface area contributed by atoms with Crippen LogP contribution in [0, 0.1) is 12.7 Å². The largest absolute Gasteiger partial charge is 0.468 e. The zero-order chi connectivity index (χ0) is 12.1. The molecule has 1 N–H and O–H groups in total. The minimum atomic E-state index is -0.215. The number of halogens is 1. The van der Waals surface area contributed by atoms with Crippen LogP contribution in [0.4, 0.5) is 10.1 Å². The summed E-state index contributed by atoms with van der Waals surface area (Å²) >= 11 is 1.73. The van der Waals surface area contributed by atoms with Crippen LogP contribution in [-0.4, -0.2) is 12.3 Å². The summed E-state index contributed by atoms with van der Waals surface area (Å²) in [5, 5.41) is 3.18. The average Bonchev–Trinajstić information content (AvgIpc) is 2.71. The van der Waals surface area contributed by atoms with E-state index < -0.39 is 0 Å². The van der Waals surface area contributed by atoms with E-state index >= 15 is 0 Å². The maximum absolute atomic E-state index is 12.9. The molecule has 2 nitrogen and oxygen atoms in total. The number of hydrogen-bond acceptors (Lipinski definition) is 3. The van der Waals surface area contributed by atoms with Gasteiger partial charge in [0.1, 0.15) is 11.6 Å². The van der Waals surface area contributed by atoms with Gasteiger partial charge in [0.05, 0.1) is 6.26 Å². The van der Waals surface area contributed by atoms with Gasteiger partial charge in [-0.1, -0.05) is 6.07 Å². The third kappa shape index (κ3) is 3.53. The number of aryl methyl sites for hydroxylation is 1. The van der Waals surface area contributed by atoms with Gasteiger partial charge in [0, 0.05) is 22.9 Å². The van der Waals surface area contributed by atoms with E-state index in [9.17, 15) is 4.39 Å². The zero-order valence-corrected chi connectivity index (χ0v) is 10.4. The molecular formula is C13H14FNOS. The second-order valence-electron chi connectivity index (χ2n) is 3.63. The van der Waals surface area contributed by atoms with Crippen LogP contribution in [0.2, 0.25) is 0 Å². The molecule has 2 aromatic rings. The van der Waals surface area contributed by atoms with E-state index in [0.29, 0.717) is 0 Å². The van der Waals surface area contributed by atoms with Crippen molar-refractivity contribution in [3.05, 3.63) is 48.2 Å². The summed E-state index contributed by atoms with van der Waals surface area (Å²) in [6.45, 7) is 2.74. The topological polar surface area (TPSA) is 25.2 Å². The minimum absolute atomic E-state index is 0.215. The van der Waals surface area contributed by atoms with Crippen molar-refractivity contribution < 1.29 is 8.81 Å². The van der Waals surface area contributed by atoms with Gasteiger partial charge < -0.3 is 9.73 Å². The summed E-state index contributed by atoms with van der Waals surface area (Å²) in [6.07, 6.45) is 1.69. The van der Waals surface area contributed by atoms with Gasteiger partial charge in [-0.05, 0) is 31.2 Å². The average molecular weight is 251 g/mol. The van der Waals surface area contributed by atoms with E-state index in [1.807, 2.05) is 19.1 Å². The molecule has 0 aliphatic heterocycles. The number of thioether (sulfide) groups is 1. The first kappa shape index (κ1) is 12.0. The molecule has 0 amide bonds. The Labute approximate surface area is 104 Å². The van der Waals surface area contributed by atoms with Crippen molar-refractivity contribution in [3.8, 4) is 0 Å². The summed E-state index contributed by atoms with van der Waals surface area (Å²) in [6, 6.07) is 8.45. The molecule has 0 spiro atoms. The first-order valence-corrected chi connectivity index (χ1v) is 6.40. The fourth-order valence-corrected chi connectivity index (χ4v) is 2.31. The van der Waals surface area contributed by atoms with Gasteiger partial charge in [0.25, 0.3) is 0 Å². The molecule has 0 bridgehead atoms. The summed E-state index contributed by atoms with van der Waals surface area (Å²) in [5.41, 5.74) is 0.814. The molecule has 0 saturated carbocycles. The molecule has 0 unspecified atom stereocenters. The molecular weight excluding hydrogens is 237 g/mol. The van der Waals surface area contributed by atoms with E-state index in [2.05, 4.69) is 5.32 Å². The van der Waals surface area contributed by atoms with E-state index in [1.54, 1.807) is 24.1 Å². The highest BCUT2D eigenvalue weighted by atomic mass is 32.2. The standard InChI is InChI=1S/C13H14FNOS/c1-10-13(5-7-16-10)17-8-6-15-12-4-2-3-11(14)9-12/h2-5,7,9,15H,6,8H2,1H3. The van der Waals surface area contributed by atoms with E-state index in [0.717, 1.165) is 28.6 Å². The van der Waals surface area contributed by atoms with Crippen LogP contribution in [-0.2, 0) is 0 Å². The van der Waals surface area contributed by atoms with Gasteiger partial charge in [0.2, 0.25) is 0 Å². The number of furan rings is 1. The fourth-order valence-electron chi connectivity index (χ4n) is 1.48. The SMILES string of the molecule is Cc1occc1SCCNc1cccc(F)c1. The first-order valence-electron chi connectivity index (χ1n) is 5.42. The molecule has 0 fully saturated rings. The highest BCUT2D eigenvalue weighted by Crippen LogP contribution is 2.22. The van der Waals surface area contributed by atoms with Gasteiger partial charge in [-0.2, -0.15) is 0 Å². The Balaban J connectivity index is 1.75. The maximum atomic E-state index is 12.9. The number of hydrogen-bond donors (Lipinski definition) is 1. The molecule has 90 valence electrons. The van der Waals surface area contributed by atoms with Crippen LogP contribution in [0.25, 0.3) is 0 Å². The Bertz CT molecular complexity index is 484. The smallest absolute Gasteiger partial charge is 0.125 e. The van der Waals surface area contributed by atoms with Crippen LogP contribution in [0.1, 0.15) is 5.76 Å². The zero-order valence-electron chi connectivity index (χ0n) is 9.57. The molecule has 4 heteroatoms. The summed E-state index contributed by atoms with van der Waals surface area (Å²) in [5.74, 6) is 1.64. The highest BCUT2D eigenvalue weighted by molar-refractivity contribution is 7.99. The van der Waals surface area contributed by atoms with Crippen molar-refractivity contribution in [2.24, 2.45) is 0 Å². The number of anilines is 1. The lowest BCUT2D eigenvalue weighted by Crippen LogP contribution is -2.03. The first-order chi connectivity index (χ1) is 8.25. The summed E-state index contributed by atoms with van der Waals surface area (Å²) < 4.78 is 18.1. The summed E-state index contributed by atoms with van der Waals surface area (Å²) in [7, 11) is 0. The van der Waals surface area contributed by atoms with Gasteiger partial charge in [-0.25, -0.2) is 4.39 Å². The van der Waals surface area contributed by atoms with Crippen molar-refractivity contribution in [1.29, 1.82) is 0 Å². The Morgan fingerprint density at radius 2 is 2.24 bits per heavy atom. The van der Waals surface area contributed by atoms with Gasteiger partial charge >= 0.3 is 0 Å². The van der Waals surface area contributed by atoms with E-state index in [-0.39, 0.29) is 5.82 Å². The van der Waals surface area contributed by atoms with Crippen LogP contribution < -0.4 is 5.32 Å².